The number of rotatable bonds is 6. The molecular formula is C30H52O3Si. The monoisotopic (exact) mass is 488 g/mol. The minimum Gasteiger partial charge on any atom is -0.481 e. The van der Waals surface area contributed by atoms with Crippen LogP contribution in [0.15, 0.2) is 11.6 Å². The third-order valence-corrected chi connectivity index (χ3v) is 16.4. The Hall–Kier alpha value is -0.613. The molecule has 4 heteroatoms. The lowest BCUT2D eigenvalue weighted by Gasteiger charge is -2.59. The zero-order valence-electron chi connectivity index (χ0n) is 23.4. The van der Waals surface area contributed by atoms with Crippen molar-refractivity contribution in [2.45, 2.75) is 130 Å². The summed E-state index contributed by atoms with van der Waals surface area (Å²) in [6, 6.07) is 0. The molecule has 0 aromatic heterocycles. The van der Waals surface area contributed by atoms with E-state index in [0.29, 0.717) is 35.2 Å². The number of carbonyl (C=O) groups is 1. The van der Waals surface area contributed by atoms with Crippen molar-refractivity contribution in [2.24, 2.45) is 40.4 Å². The van der Waals surface area contributed by atoms with E-state index in [2.05, 4.69) is 60.7 Å². The van der Waals surface area contributed by atoms with Crippen molar-refractivity contribution in [2.75, 3.05) is 0 Å². The first kappa shape index (κ1) is 26.4. The Morgan fingerprint density at radius 1 is 1.15 bits per heavy atom. The van der Waals surface area contributed by atoms with Gasteiger partial charge in [-0.05, 0) is 116 Å². The summed E-state index contributed by atoms with van der Waals surface area (Å²) in [4.78, 5) is 11.2. The summed E-state index contributed by atoms with van der Waals surface area (Å²) in [5.41, 5.74) is 2.49. The molecule has 34 heavy (non-hydrogen) atoms. The fraction of sp³-hybridized carbons (Fsp3) is 0.900. The molecule has 0 aromatic rings. The second-order valence-corrected chi connectivity index (χ2v) is 19.4. The molecule has 0 aromatic carbocycles. The van der Waals surface area contributed by atoms with Gasteiger partial charge < -0.3 is 9.53 Å². The summed E-state index contributed by atoms with van der Waals surface area (Å²) >= 11 is 0. The first-order valence-corrected chi connectivity index (χ1v) is 17.2. The maximum Gasteiger partial charge on any atom is 0.303 e. The number of hydrogen-bond donors (Lipinski definition) is 1. The van der Waals surface area contributed by atoms with E-state index in [-0.39, 0.29) is 5.04 Å². The van der Waals surface area contributed by atoms with Gasteiger partial charge in [0.25, 0.3) is 0 Å². The maximum atomic E-state index is 11.2. The molecule has 8 atom stereocenters. The van der Waals surface area contributed by atoms with Gasteiger partial charge in [-0.2, -0.15) is 0 Å². The van der Waals surface area contributed by atoms with Crippen molar-refractivity contribution in [3.05, 3.63) is 11.6 Å². The number of hydrogen-bond acceptors (Lipinski definition) is 2. The van der Waals surface area contributed by atoms with Crippen molar-refractivity contribution >= 4 is 14.3 Å². The van der Waals surface area contributed by atoms with E-state index in [1.807, 2.05) is 0 Å². The van der Waals surface area contributed by atoms with Crippen LogP contribution in [0.25, 0.3) is 0 Å². The van der Waals surface area contributed by atoms with Gasteiger partial charge in [-0.1, -0.05) is 53.2 Å². The van der Waals surface area contributed by atoms with E-state index in [1.165, 1.54) is 44.9 Å². The predicted octanol–water partition coefficient (Wildman–Crippen LogP) is 8.46. The van der Waals surface area contributed by atoms with Gasteiger partial charge in [0.1, 0.15) is 0 Å². The summed E-state index contributed by atoms with van der Waals surface area (Å²) in [5.74, 6) is 3.05. The molecule has 0 heterocycles. The van der Waals surface area contributed by atoms with Gasteiger partial charge in [-0.25, -0.2) is 0 Å². The van der Waals surface area contributed by atoms with E-state index in [1.54, 1.807) is 5.57 Å². The van der Waals surface area contributed by atoms with E-state index in [0.717, 1.165) is 30.6 Å². The molecule has 0 amide bonds. The Balaban J connectivity index is 1.48. The smallest absolute Gasteiger partial charge is 0.303 e. The zero-order chi connectivity index (χ0) is 25.1. The van der Waals surface area contributed by atoms with Crippen LogP contribution >= 0.6 is 0 Å². The van der Waals surface area contributed by atoms with Crippen LogP contribution < -0.4 is 0 Å². The van der Waals surface area contributed by atoms with Crippen LogP contribution in [-0.2, 0) is 9.22 Å². The Morgan fingerprint density at radius 3 is 2.50 bits per heavy atom. The van der Waals surface area contributed by atoms with E-state index < -0.39 is 14.3 Å². The molecule has 0 radical (unpaired) electrons. The van der Waals surface area contributed by atoms with Gasteiger partial charge in [0.05, 0.1) is 0 Å². The second kappa shape index (κ2) is 9.05. The highest BCUT2D eigenvalue weighted by Gasteiger charge is 2.59. The molecule has 4 aliphatic carbocycles. The van der Waals surface area contributed by atoms with Gasteiger partial charge >= 0.3 is 5.97 Å². The molecule has 1 N–H and O–H groups in total. The predicted molar refractivity (Wildman–Crippen MR) is 143 cm³/mol. The molecule has 194 valence electrons. The lowest BCUT2D eigenvalue weighted by Crippen LogP contribution is -2.52. The average Bonchev–Trinajstić information content (AvgIpc) is 3.08. The van der Waals surface area contributed by atoms with Crippen LogP contribution in [0, 0.1) is 40.4 Å². The first-order chi connectivity index (χ1) is 15.7. The molecule has 3 saturated carbocycles. The van der Waals surface area contributed by atoms with Gasteiger partial charge in [0.15, 0.2) is 8.32 Å². The van der Waals surface area contributed by atoms with Crippen LogP contribution in [0.5, 0.6) is 0 Å². The van der Waals surface area contributed by atoms with E-state index in [9.17, 15) is 9.90 Å². The highest BCUT2D eigenvalue weighted by Crippen LogP contribution is 2.67. The number of fused-ring (bicyclic) bond motifs is 5. The molecular weight excluding hydrogens is 436 g/mol. The average molecular weight is 489 g/mol. The largest absolute Gasteiger partial charge is 0.481 e. The Kier molecular flexibility index (Phi) is 7.04. The standard InChI is InChI=1S/C30H52O3Si/c1-20(9-14-27(31)32)24-12-13-25-23-11-10-21-19-22(33-34(7,8)28(2,3)4)15-17-29(21,5)26(23)16-18-30(24,25)6/h10,20,22-26H,9,11-19H2,1-8H3,(H,31,32)/t20-,22+,23+,24-,25+,26+,29+,30-/m1/s1. The van der Waals surface area contributed by atoms with E-state index >= 15 is 0 Å². The third kappa shape index (κ3) is 4.48. The van der Waals surface area contributed by atoms with Gasteiger partial charge in [-0.15, -0.1) is 0 Å². The third-order valence-electron chi connectivity index (χ3n) is 11.9. The summed E-state index contributed by atoms with van der Waals surface area (Å²) in [7, 11) is -1.73. The number of aliphatic carboxylic acids is 1. The SMILES string of the molecule is C[C@H](CCC(=O)O)[C@H]1CC[C@H]2[C@@H]3CC=C4C[C@@H](O[Si](C)(C)C(C)(C)C)CC[C@]4(C)[C@H]3CC[C@]12C. The van der Waals surface area contributed by atoms with Crippen LogP contribution in [0.4, 0.5) is 0 Å². The van der Waals surface area contributed by atoms with Crippen LogP contribution in [0.3, 0.4) is 0 Å². The van der Waals surface area contributed by atoms with Crippen molar-refractivity contribution < 1.29 is 14.3 Å². The molecule has 4 rings (SSSR count). The quantitative estimate of drug-likeness (QED) is 0.301. The minimum atomic E-state index is -1.73. The minimum absolute atomic E-state index is 0.272. The Morgan fingerprint density at radius 2 is 1.85 bits per heavy atom. The maximum absolute atomic E-state index is 11.2. The molecule has 0 saturated heterocycles. The van der Waals surface area contributed by atoms with Crippen molar-refractivity contribution in [1.82, 2.24) is 0 Å². The molecule has 3 fully saturated rings. The number of carboxylic acid groups (broad SMARTS) is 1. The van der Waals surface area contributed by atoms with Crippen molar-refractivity contribution in [3.63, 3.8) is 0 Å². The Labute approximate surface area is 210 Å². The van der Waals surface area contributed by atoms with E-state index in [4.69, 9.17) is 4.43 Å². The fourth-order valence-electron chi connectivity index (χ4n) is 8.85. The normalized spacial score (nSPS) is 41.2. The van der Waals surface area contributed by atoms with Gasteiger partial charge in [0, 0.05) is 12.5 Å². The number of carboxylic acids is 1. The fourth-order valence-corrected chi connectivity index (χ4v) is 10.2. The lowest BCUT2D eigenvalue weighted by molar-refractivity contribution is -0.137. The number of allylic oxidation sites excluding steroid dienone is 1. The molecule has 0 bridgehead atoms. The van der Waals surface area contributed by atoms with Crippen molar-refractivity contribution in [3.8, 4) is 0 Å². The topological polar surface area (TPSA) is 46.5 Å². The summed E-state index contributed by atoms with van der Waals surface area (Å²) in [5, 5.41) is 9.47. The molecule has 0 spiro atoms. The first-order valence-electron chi connectivity index (χ1n) is 14.3. The molecule has 4 aliphatic rings. The highest BCUT2D eigenvalue weighted by atomic mass is 28.4. The van der Waals surface area contributed by atoms with Crippen LogP contribution in [-0.4, -0.2) is 25.5 Å². The van der Waals surface area contributed by atoms with Gasteiger partial charge in [-0.3, -0.25) is 4.79 Å². The lowest BCUT2D eigenvalue weighted by atomic mass is 9.47. The van der Waals surface area contributed by atoms with Gasteiger partial charge in [0.2, 0.25) is 0 Å². The summed E-state index contributed by atoms with van der Waals surface area (Å²) in [6.07, 6.45) is 14.5. The van der Waals surface area contributed by atoms with Crippen LogP contribution in [0.1, 0.15) is 106 Å². The molecule has 0 aliphatic heterocycles. The molecule has 3 nitrogen and oxygen atoms in total. The second-order valence-electron chi connectivity index (χ2n) is 14.6. The Bertz CT molecular complexity index is 810. The highest BCUT2D eigenvalue weighted by molar-refractivity contribution is 6.74. The summed E-state index contributed by atoms with van der Waals surface area (Å²) < 4.78 is 6.90. The summed E-state index contributed by atoms with van der Waals surface area (Å²) in [6.45, 7) is 19.4. The van der Waals surface area contributed by atoms with Crippen molar-refractivity contribution in [1.29, 1.82) is 0 Å². The molecule has 0 unspecified atom stereocenters. The zero-order valence-corrected chi connectivity index (χ0v) is 24.4. The van der Waals surface area contributed by atoms with Crippen LogP contribution in [0.2, 0.25) is 18.1 Å².